The van der Waals surface area contributed by atoms with E-state index in [1.165, 1.54) is 7.11 Å². The zero-order valence-corrected chi connectivity index (χ0v) is 11.9. The molecule has 1 aliphatic heterocycles. The number of carboxylic acid groups (broad SMARTS) is 1. The van der Waals surface area contributed by atoms with Gasteiger partial charge < -0.3 is 14.7 Å². The Bertz CT molecular complexity index is 505. The first-order valence-electron chi connectivity index (χ1n) is 6.71. The van der Waals surface area contributed by atoms with Gasteiger partial charge in [0, 0.05) is 26.2 Å². The molecule has 21 heavy (non-hydrogen) atoms. The van der Waals surface area contributed by atoms with E-state index in [0.717, 1.165) is 19.5 Å². The average Bonchev–Trinajstić information content (AvgIpc) is 2.71. The number of hydrogen-bond acceptors (Lipinski definition) is 7. The molecule has 0 bridgehead atoms. The maximum atomic E-state index is 11.3. The Balaban J connectivity index is 1.99. The summed E-state index contributed by atoms with van der Waals surface area (Å²) in [4.78, 5) is 26.0. The van der Waals surface area contributed by atoms with Crippen LogP contribution in [0.4, 0.5) is 5.82 Å². The fraction of sp³-hybridized carbons (Fsp3) is 0.538. The molecule has 8 heteroatoms. The van der Waals surface area contributed by atoms with Crippen molar-refractivity contribution in [3.05, 3.63) is 17.8 Å². The van der Waals surface area contributed by atoms with Crippen LogP contribution in [0.3, 0.4) is 0 Å². The molecule has 114 valence electrons. The Morgan fingerprint density at radius 1 is 1.24 bits per heavy atom. The number of carboxylic acids is 1. The third-order valence-electron chi connectivity index (χ3n) is 3.32. The number of ether oxygens (including phenoxy) is 1. The van der Waals surface area contributed by atoms with Crippen molar-refractivity contribution >= 4 is 17.8 Å². The second kappa shape index (κ2) is 6.98. The van der Waals surface area contributed by atoms with Gasteiger partial charge in [-0.1, -0.05) is 0 Å². The second-order valence-corrected chi connectivity index (χ2v) is 4.78. The summed E-state index contributed by atoms with van der Waals surface area (Å²) in [5, 5.41) is 16.7. The molecule has 0 amide bonds. The van der Waals surface area contributed by atoms with Crippen molar-refractivity contribution in [1.29, 1.82) is 0 Å². The zero-order valence-electron chi connectivity index (χ0n) is 11.9. The molecule has 1 aliphatic rings. The van der Waals surface area contributed by atoms with Crippen LogP contribution in [-0.4, -0.2) is 72.0 Å². The van der Waals surface area contributed by atoms with Crippen LogP contribution < -0.4 is 4.90 Å². The summed E-state index contributed by atoms with van der Waals surface area (Å²) in [5.74, 6) is -0.650. The van der Waals surface area contributed by atoms with Gasteiger partial charge in [-0.15, -0.1) is 10.2 Å². The van der Waals surface area contributed by atoms with Crippen LogP contribution in [0.25, 0.3) is 0 Å². The van der Waals surface area contributed by atoms with Crippen molar-refractivity contribution in [1.82, 2.24) is 15.1 Å². The number of anilines is 1. The quantitative estimate of drug-likeness (QED) is 0.767. The monoisotopic (exact) mass is 294 g/mol. The number of nitrogens with zero attached hydrogens (tertiary/aromatic N) is 4. The van der Waals surface area contributed by atoms with Gasteiger partial charge in [0.2, 0.25) is 0 Å². The molecule has 0 saturated carbocycles. The second-order valence-electron chi connectivity index (χ2n) is 4.78. The van der Waals surface area contributed by atoms with E-state index in [1.54, 1.807) is 12.1 Å². The van der Waals surface area contributed by atoms with Crippen molar-refractivity contribution in [3.63, 3.8) is 0 Å². The Kier molecular flexibility index (Phi) is 5.04. The average molecular weight is 294 g/mol. The molecular weight excluding hydrogens is 276 g/mol. The van der Waals surface area contributed by atoms with E-state index in [4.69, 9.17) is 5.11 Å². The van der Waals surface area contributed by atoms with E-state index in [2.05, 4.69) is 14.9 Å². The Hall–Kier alpha value is -2.22. The SMILES string of the molecule is COC(=O)c1ccc(N2CCCN(CC(=O)O)CC2)nn1. The molecule has 0 aliphatic carbocycles. The highest BCUT2D eigenvalue weighted by molar-refractivity contribution is 5.86. The third kappa shape index (κ3) is 4.12. The predicted octanol–water partition coefficient (Wildman–Crippen LogP) is -0.140. The van der Waals surface area contributed by atoms with Crippen LogP contribution in [0.5, 0.6) is 0 Å². The topological polar surface area (TPSA) is 95.9 Å². The lowest BCUT2D eigenvalue weighted by atomic mass is 10.3. The first kappa shape index (κ1) is 15.2. The minimum atomic E-state index is -0.814. The summed E-state index contributed by atoms with van der Waals surface area (Å²) in [7, 11) is 1.30. The molecule has 1 aromatic heterocycles. The van der Waals surface area contributed by atoms with Gasteiger partial charge in [0.15, 0.2) is 11.5 Å². The Morgan fingerprint density at radius 3 is 2.67 bits per heavy atom. The van der Waals surface area contributed by atoms with Crippen molar-refractivity contribution < 1.29 is 19.4 Å². The number of aromatic nitrogens is 2. The van der Waals surface area contributed by atoms with Gasteiger partial charge in [-0.3, -0.25) is 9.69 Å². The number of esters is 1. The van der Waals surface area contributed by atoms with Gasteiger partial charge in [0.1, 0.15) is 0 Å². The van der Waals surface area contributed by atoms with Crippen molar-refractivity contribution in [2.45, 2.75) is 6.42 Å². The number of carbonyl (C=O) groups is 2. The van der Waals surface area contributed by atoms with E-state index in [1.807, 2.05) is 9.80 Å². The predicted molar refractivity (Wildman–Crippen MR) is 74.3 cm³/mol. The lowest BCUT2D eigenvalue weighted by molar-refractivity contribution is -0.138. The van der Waals surface area contributed by atoms with Crippen LogP contribution in [0.15, 0.2) is 12.1 Å². The van der Waals surface area contributed by atoms with Crippen LogP contribution in [0.2, 0.25) is 0 Å². The van der Waals surface area contributed by atoms with Crippen LogP contribution in [0, 0.1) is 0 Å². The summed E-state index contributed by atoms with van der Waals surface area (Å²) in [6.07, 6.45) is 0.855. The fourth-order valence-corrected chi connectivity index (χ4v) is 2.26. The summed E-state index contributed by atoms with van der Waals surface area (Å²) in [6, 6.07) is 3.31. The van der Waals surface area contributed by atoms with Gasteiger partial charge >= 0.3 is 11.9 Å². The summed E-state index contributed by atoms with van der Waals surface area (Å²) >= 11 is 0. The van der Waals surface area contributed by atoms with E-state index in [9.17, 15) is 9.59 Å². The molecule has 8 nitrogen and oxygen atoms in total. The maximum Gasteiger partial charge on any atom is 0.358 e. The Labute approximate surface area is 122 Å². The van der Waals surface area contributed by atoms with E-state index in [0.29, 0.717) is 18.9 Å². The highest BCUT2D eigenvalue weighted by Gasteiger charge is 2.18. The van der Waals surface area contributed by atoms with Gasteiger partial charge in [0.25, 0.3) is 0 Å². The fourth-order valence-electron chi connectivity index (χ4n) is 2.26. The van der Waals surface area contributed by atoms with Gasteiger partial charge in [-0.2, -0.15) is 0 Å². The third-order valence-corrected chi connectivity index (χ3v) is 3.32. The minimum Gasteiger partial charge on any atom is -0.480 e. The van der Waals surface area contributed by atoms with Crippen LogP contribution in [-0.2, 0) is 9.53 Å². The largest absolute Gasteiger partial charge is 0.480 e. The summed E-state index contributed by atoms with van der Waals surface area (Å²) < 4.78 is 4.58. The van der Waals surface area contributed by atoms with E-state index in [-0.39, 0.29) is 12.2 Å². The molecule has 1 N–H and O–H groups in total. The normalized spacial score (nSPS) is 16.3. The first-order valence-corrected chi connectivity index (χ1v) is 6.71. The first-order chi connectivity index (χ1) is 10.1. The molecular formula is C13H18N4O4. The maximum absolute atomic E-state index is 11.3. The van der Waals surface area contributed by atoms with Crippen LogP contribution >= 0.6 is 0 Å². The van der Waals surface area contributed by atoms with Crippen LogP contribution in [0.1, 0.15) is 16.9 Å². The Morgan fingerprint density at radius 2 is 2.05 bits per heavy atom. The number of methoxy groups -OCH3 is 1. The number of aliphatic carboxylic acids is 1. The molecule has 1 aromatic rings. The lowest BCUT2D eigenvalue weighted by Gasteiger charge is -2.21. The molecule has 1 fully saturated rings. The molecule has 0 spiro atoms. The molecule has 1 saturated heterocycles. The summed E-state index contributed by atoms with van der Waals surface area (Å²) in [6.45, 7) is 2.92. The number of carbonyl (C=O) groups excluding carboxylic acids is 1. The molecule has 0 aromatic carbocycles. The van der Waals surface area contributed by atoms with Crippen molar-refractivity contribution in [2.24, 2.45) is 0 Å². The van der Waals surface area contributed by atoms with E-state index >= 15 is 0 Å². The molecule has 0 atom stereocenters. The highest BCUT2D eigenvalue weighted by Crippen LogP contribution is 2.13. The van der Waals surface area contributed by atoms with Gasteiger partial charge in [-0.25, -0.2) is 4.79 Å². The van der Waals surface area contributed by atoms with Gasteiger partial charge in [-0.05, 0) is 18.6 Å². The van der Waals surface area contributed by atoms with Crippen molar-refractivity contribution in [2.75, 3.05) is 44.7 Å². The smallest absolute Gasteiger partial charge is 0.358 e. The number of rotatable bonds is 4. The molecule has 2 heterocycles. The highest BCUT2D eigenvalue weighted by atomic mass is 16.5. The number of hydrogen-bond donors (Lipinski definition) is 1. The molecule has 0 radical (unpaired) electrons. The van der Waals surface area contributed by atoms with E-state index < -0.39 is 11.9 Å². The zero-order chi connectivity index (χ0) is 15.2. The lowest BCUT2D eigenvalue weighted by Crippen LogP contribution is -2.34. The van der Waals surface area contributed by atoms with Gasteiger partial charge in [0.05, 0.1) is 13.7 Å². The standard InChI is InChI=1S/C13H18N4O4/c1-21-13(20)10-3-4-11(15-14-10)17-6-2-5-16(7-8-17)9-12(18)19/h3-4H,2,5-9H2,1H3,(H,18,19). The molecule has 2 rings (SSSR count). The minimum absolute atomic E-state index is 0.0563. The molecule has 0 unspecified atom stereocenters. The van der Waals surface area contributed by atoms with Crippen molar-refractivity contribution in [3.8, 4) is 0 Å². The summed E-state index contributed by atoms with van der Waals surface area (Å²) in [5.41, 5.74) is 0.170.